The number of aliphatic carboxylic acids is 2. The van der Waals surface area contributed by atoms with Gasteiger partial charge in [-0.25, -0.2) is 0 Å². The van der Waals surface area contributed by atoms with E-state index in [2.05, 4.69) is 61.5 Å². The van der Waals surface area contributed by atoms with E-state index in [-0.39, 0.29) is 58.2 Å². The van der Waals surface area contributed by atoms with Crippen LogP contribution in [-0.2, 0) is 19.1 Å². The molecule has 4 rings (SSSR count). The zero-order chi connectivity index (χ0) is 29.9. The first-order valence-corrected chi connectivity index (χ1v) is 15.7. The standard InChI is InChI=1S/C34H54O6/c1-9-10-17-40-28(39)34-15-13-29(2,3)19-23(34)22-11-12-24-31(6,20-27(37)38)25(18-26(35)36)30(4,5)21-33(24,8)32(22,7)14-16-34/h11,23-25H,9-10,12-21H2,1-8H3,(H,35,36)(H,37,38)/t23-,24+,25+,31+,32+,33+,34-/m0/s1. The molecule has 0 aliphatic heterocycles. The quantitative estimate of drug-likeness (QED) is 0.178. The van der Waals surface area contributed by atoms with Crippen LogP contribution in [0, 0.1) is 50.2 Å². The molecule has 226 valence electrons. The second-order valence-electron chi connectivity index (χ2n) is 16.2. The molecule has 6 nitrogen and oxygen atoms in total. The van der Waals surface area contributed by atoms with E-state index in [1.54, 1.807) is 0 Å². The molecule has 2 N–H and O–H groups in total. The summed E-state index contributed by atoms with van der Waals surface area (Å²) in [5.41, 5.74) is -0.401. The molecule has 0 amide bonds. The van der Waals surface area contributed by atoms with Crippen molar-refractivity contribution in [2.75, 3.05) is 6.61 Å². The smallest absolute Gasteiger partial charge is 0.312 e. The molecule has 0 aromatic rings. The number of carboxylic acid groups (broad SMARTS) is 2. The zero-order valence-electron chi connectivity index (χ0n) is 26.3. The topological polar surface area (TPSA) is 101 Å². The van der Waals surface area contributed by atoms with Gasteiger partial charge in [-0.2, -0.15) is 0 Å². The molecule has 0 spiro atoms. The average Bonchev–Trinajstić information content (AvgIpc) is 2.81. The second-order valence-corrected chi connectivity index (χ2v) is 16.2. The monoisotopic (exact) mass is 558 g/mol. The van der Waals surface area contributed by atoms with Crippen molar-refractivity contribution in [3.05, 3.63) is 11.6 Å². The molecule has 4 aliphatic rings. The Morgan fingerprint density at radius 2 is 1.60 bits per heavy atom. The number of carboxylic acids is 2. The van der Waals surface area contributed by atoms with Gasteiger partial charge in [-0.1, -0.05) is 73.5 Å². The number of fused-ring (bicyclic) bond motifs is 5. The molecular formula is C34H54O6. The number of allylic oxidation sites excluding steroid dienone is 2. The minimum absolute atomic E-state index is 0.0137. The fourth-order valence-corrected chi connectivity index (χ4v) is 10.7. The van der Waals surface area contributed by atoms with Crippen LogP contribution in [0.3, 0.4) is 0 Å². The summed E-state index contributed by atoms with van der Waals surface area (Å²) in [5, 5.41) is 20.0. The van der Waals surface area contributed by atoms with Crippen molar-refractivity contribution in [3.63, 3.8) is 0 Å². The Hall–Kier alpha value is -1.85. The third-order valence-electron chi connectivity index (χ3n) is 12.8. The zero-order valence-corrected chi connectivity index (χ0v) is 26.3. The van der Waals surface area contributed by atoms with Crippen LogP contribution in [0.15, 0.2) is 11.6 Å². The third kappa shape index (κ3) is 4.73. The van der Waals surface area contributed by atoms with Gasteiger partial charge < -0.3 is 14.9 Å². The molecule has 0 heterocycles. The average molecular weight is 559 g/mol. The van der Waals surface area contributed by atoms with Crippen LogP contribution in [-0.4, -0.2) is 34.7 Å². The summed E-state index contributed by atoms with van der Waals surface area (Å²) in [6, 6.07) is 0. The highest BCUT2D eigenvalue weighted by Crippen LogP contribution is 2.76. The molecule has 0 aromatic carbocycles. The molecule has 0 radical (unpaired) electrons. The van der Waals surface area contributed by atoms with Gasteiger partial charge in [0, 0.05) is 6.42 Å². The summed E-state index contributed by atoms with van der Waals surface area (Å²) in [6.45, 7) is 18.4. The summed E-state index contributed by atoms with van der Waals surface area (Å²) in [7, 11) is 0. The van der Waals surface area contributed by atoms with E-state index in [1.165, 1.54) is 5.57 Å². The van der Waals surface area contributed by atoms with E-state index >= 15 is 0 Å². The van der Waals surface area contributed by atoms with Crippen LogP contribution < -0.4 is 0 Å². The van der Waals surface area contributed by atoms with Crippen LogP contribution in [0.25, 0.3) is 0 Å². The van der Waals surface area contributed by atoms with Crippen LogP contribution in [0.2, 0.25) is 0 Å². The number of rotatable bonds is 8. The minimum Gasteiger partial charge on any atom is -0.481 e. The van der Waals surface area contributed by atoms with Crippen molar-refractivity contribution in [2.45, 2.75) is 126 Å². The van der Waals surface area contributed by atoms with E-state index in [0.717, 1.165) is 57.8 Å². The van der Waals surface area contributed by atoms with Gasteiger partial charge in [0.05, 0.1) is 18.4 Å². The summed E-state index contributed by atoms with van der Waals surface area (Å²) >= 11 is 0. The highest BCUT2D eigenvalue weighted by molar-refractivity contribution is 5.79. The van der Waals surface area contributed by atoms with Crippen molar-refractivity contribution in [2.24, 2.45) is 50.2 Å². The number of carbonyl (C=O) groups is 3. The summed E-state index contributed by atoms with van der Waals surface area (Å²) < 4.78 is 5.97. The highest BCUT2D eigenvalue weighted by atomic mass is 16.5. The Morgan fingerprint density at radius 3 is 2.20 bits per heavy atom. The van der Waals surface area contributed by atoms with Crippen molar-refractivity contribution >= 4 is 17.9 Å². The maximum absolute atomic E-state index is 13.9. The lowest BCUT2D eigenvalue weighted by molar-refractivity contribution is -0.203. The van der Waals surface area contributed by atoms with E-state index in [0.29, 0.717) is 6.61 Å². The number of carbonyl (C=O) groups excluding carboxylic acids is 1. The fraction of sp³-hybridized carbons (Fsp3) is 0.853. The first kappa shape index (κ1) is 31.1. The summed E-state index contributed by atoms with van der Waals surface area (Å²) in [6.07, 6.45) is 10.3. The third-order valence-corrected chi connectivity index (χ3v) is 12.8. The van der Waals surface area contributed by atoms with E-state index < -0.39 is 22.8 Å². The molecule has 0 unspecified atom stereocenters. The lowest BCUT2D eigenvalue weighted by atomic mass is 9.33. The minimum atomic E-state index is -0.857. The van der Waals surface area contributed by atoms with Crippen LogP contribution in [0.5, 0.6) is 0 Å². The van der Waals surface area contributed by atoms with Gasteiger partial charge in [0.15, 0.2) is 0 Å². The van der Waals surface area contributed by atoms with Crippen molar-refractivity contribution in [1.82, 2.24) is 0 Å². The fourth-order valence-electron chi connectivity index (χ4n) is 10.7. The predicted molar refractivity (Wildman–Crippen MR) is 156 cm³/mol. The van der Waals surface area contributed by atoms with Crippen molar-refractivity contribution < 1.29 is 29.3 Å². The first-order valence-electron chi connectivity index (χ1n) is 15.7. The molecular weight excluding hydrogens is 504 g/mol. The van der Waals surface area contributed by atoms with Gasteiger partial charge in [-0.15, -0.1) is 0 Å². The van der Waals surface area contributed by atoms with Gasteiger partial charge in [0.2, 0.25) is 0 Å². The maximum atomic E-state index is 13.9. The molecule has 7 atom stereocenters. The Morgan fingerprint density at radius 1 is 0.950 bits per heavy atom. The number of ether oxygens (including phenoxy) is 1. The molecule has 3 saturated carbocycles. The van der Waals surface area contributed by atoms with E-state index in [1.807, 2.05) is 0 Å². The predicted octanol–water partition coefficient (Wildman–Crippen LogP) is 7.90. The number of hydrogen-bond acceptors (Lipinski definition) is 4. The lowest BCUT2D eigenvalue weighted by Gasteiger charge is -2.71. The Kier molecular flexibility index (Phi) is 7.89. The van der Waals surface area contributed by atoms with E-state index in [9.17, 15) is 24.6 Å². The molecule has 40 heavy (non-hydrogen) atoms. The summed E-state index contributed by atoms with van der Waals surface area (Å²) in [5.74, 6) is -1.81. The number of hydrogen-bond donors (Lipinski definition) is 2. The first-order chi connectivity index (χ1) is 18.4. The SMILES string of the molecule is CCCCOC(=O)[C@]12CCC(C)(C)C[C@H]1C1=CC[C@@H]3[C@@](C)(CC(=O)O)[C@H](CC(=O)O)C(C)(C)C[C@@]3(C)[C@]1(C)CC2. The van der Waals surface area contributed by atoms with Gasteiger partial charge >= 0.3 is 17.9 Å². The van der Waals surface area contributed by atoms with Gasteiger partial charge in [-0.3, -0.25) is 14.4 Å². The van der Waals surface area contributed by atoms with Gasteiger partial charge in [0.25, 0.3) is 0 Å². The maximum Gasteiger partial charge on any atom is 0.312 e. The lowest BCUT2D eigenvalue weighted by Crippen LogP contribution is -2.65. The molecule has 3 fully saturated rings. The Bertz CT molecular complexity index is 1070. The highest BCUT2D eigenvalue weighted by Gasteiger charge is 2.70. The van der Waals surface area contributed by atoms with Crippen LogP contribution in [0.1, 0.15) is 126 Å². The van der Waals surface area contributed by atoms with Crippen LogP contribution in [0.4, 0.5) is 0 Å². The molecule has 4 aliphatic carbocycles. The Labute approximate surface area is 241 Å². The molecule has 0 saturated heterocycles. The molecule has 0 aromatic heterocycles. The number of unbranched alkanes of at least 4 members (excludes halogenated alkanes) is 1. The number of esters is 1. The largest absolute Gasteiger partial charge is 0.481 e. The van der Waals surface area contributed by atoms with Gasteiger partial charge in [-0.05, 0) is 96.2 Å². The van der Waals surface area contributed by atoms with Gasteiger partial charge in [0.1, 0.15) is 0 Å². The van der Waals surface area contributed by atoms with Crippen molar-refractivity contribution in [1.29, 1.82) is 0 Å². The summed E-state index contributed by atoms with van der Waals surface area (Å²) in [4.78, 5) is 38.3. The van der Waals surface area contributed by atoms with Crippen LogP contribution >= 0.6 is 0 Å². The Balaban J connectivity index is 1.84. The van der Waals surface area contributed by atoms with Crippen molar-refractivity contribution in [3.8, 4) is 0 Å². The molecule has 0 bridgehead atoms. The second kappa shape index (κ2) is 10.2. The molecule has 6 heteroatoms. The normalized spacial score (nSPS) is 41.5. The van der Waals surface area contributed by atoms with E-state index in [4.69, 9.17) is 4.74 Å².